The summed E-state index contributed by atoms with van der Waals surface area (Å²) in [6, 6.07) is -0.444. The Hall–Kier alpha value is -1.47. The maximum Gasteiger partial charge on any atom is 0.306 e. The van der Waals surface area contributed by atoms with E-state index in [1.54, 1.807) is 6.92 Å². The van der Waals surface area contributed by atoms with Crippen LogP contribution >= 0.6 is 0 Å². The van der Waals surface area contributed by atoms with E-state index in [1.807, 2.05) is 21.1 Å². The molecule has 7 heteroatoms. The van der Waals surface area contributed by atoms with Crippen molar-refractivity contribution in [3.63, 3.8) is 0 Å². The van der Waals surface area contributed by atoms with E-state index in [-0.39, 0.29) is 18.6 Å². The second-order valence-corrected chi connectivity index (χ2v) is 6.98. The van der Waals surface area contributed by atoms with Gasteiger partial charge in [0.2, 0.25) is 0 Å². The van der Waals surface area contributed by atoms with Crippen molar-refractivity contribution in [2.75, 3.05) is 27.7 Å². The van der Waals surface area contributed by atoms with Gasteiger partial charge in [0.15, 0.2) is 6.10 Å². The zero-order chi connectivity index (χ0) is 18.0. The summed E-state index contributed by atoms with van der Waals surface area (Å²) < 4.78 is 5.73. The summed E-state index contributed by atoms with van der Waals surface area (Å²) in [6.45, 7) is 2.06. The van der Waals surface area contributed by atoms with Crippen LogP contribution in [-0.4, -0.2) is 62.0 Å². The molecule has 0 fully saturated rings. The molecular weight excluding hydrogens is 300 g/mol. The van der Waals surface area contributed by atoms with Gasteiger partial charge < -0.3 is 24.9 Å². The van der Waals surface area contributed by atoms with Crippen LogP contribution in [0.25, 0.3) is 0 Å². The van der Waals surface area contributed by atoms with E-state index in [0.29, 0.717) is 30.3 Å². The lowest BCUT2D eigenvalue weighted by molar-refractivity contribution is -0.873. The summed E-state index contributed by atoms with van der Waals surface area (Å²) in [7, 11) is 5.68. The third kappa shape index (κ3) is 12.7. The van der Waals surface area contributed by atoms with Crippen LogP contribution in [0, 0.1) is 0 Å². The zero-order valence-corrected chi connectivity index (χ0v) is 14.7. The van der Waals surface area contributed by atoms with E-state index < -0.39 is 24.1 Å². The van der Waals surface area contributed by atoms with Gasteiger partial charge in [-0.05, 0) is 19.8 Å². The van der Waals surface area contributed by atoms with E-state index in [0.717, 1.165) is 6.42 Å². The van der Waals surface area contributed by atoms with Gasteiger partial charge in [0.25, 0.3) is 0 Å². The molecule has 0 rings (SSSR count). The Bertz CT molecular complexity index is 402. The molecule has 2 N–H and O–H groups in total. The van der Waals surface area contributed by atoms with E-state index in [9.17, 15) is 19.5 Å². The van der Waals surface area contributed by atoms with Crippen LogP contribution in [0.5, 0.6) is 0 Å². The minimum Gasteiger partial charge on any atom is -0.550 e. The van der Waals surface area contributed by atoms with Crippen LogP contribution in [0.15, 0.2) is 0 Å². The van der Waals surface area contributed by atoms with Gasteiger partial charge in [0, 0.05) is 25.2 Å². The molecule has 0 heterocycles. The van der Waals surface area contributed by atoms with E-state index in [2.05, 4.69) is 0 Å². The van der Waals surface area contributed by atoms with Crippen LogP contribution < -0.4 is 10.8 Å². The van der Waals surface area contributed by atoms with Crippen molar-refractivity contribution in [2.24, 2.45) is 5.73 Å². The molecule has 0 bridgehead atoms. The highest BCUT2D eigenvalue weighted by atomic mass is 16.5. The van der Waals surface area contributed by atoms with Crippen molar-refractivity contribution in [3.05, 3.63) is 0 Å². The first-order chi connectivity index (χ1) is 10.5. The molecule has 2 unspecified atom stereocenters. The third-order valence-electron chi connectivity index (χ3n) is 3.26. The largest absolute Gasteiger partial charge is 0.550 e. The minimum absolute atomic E-state index is 0.0181. The Labute approximate surface area is 138 Å². The number of quaternary nitrogens is 1. The Balaban J connectivity index is 4.08. The SMILES string of the molecule is CC(N)C(=O)CCCCCC(=O)OC(CC(=O)[O-])C[N+](C)(C)C. The summed E-state index contributed by atoms with van der Waals surface area (Å²) in [5.74, 6) is -1.63. The van der Waals surface area contributed by atoms with E-state index in [1.165, 1.54) is 0 Å². The number of likely N-dealkylation sites (N-methyl/N-ethyl adjacent to an activating group) is 1. The van der Waals surface area contributed by atoms with Crippen LogP contribution in [0.3, 0.4) is 0 Å². The molecule has 0 spiro atoms. The predicted molar refractivity (Wildman–Crippen MR) is 84.1 cm³/mol. The number of Topliss-reactive ketones (excluding diaryl/α,β-unsaturated/α-hetero) is 1. The molecular formula is C16H30N2O5. The van der Waals surface area contributed by atoms with Crippen molar-refractivity contribution in [2.45, 2.75) is 57.6 Å². The Morgan fingerprint density at radius 3 is 2.13 bits per heavy atom. The molecule has 7 nitrogen and oxygen atoms in total. The summed E-state index contributed by atoms with van der Waals surface area (Å²) in [5.41, 5.74) is 5.47. The standard InChI is InChI=1S/C16H30N2O5/c1-12(17)14(19)8-6-5-7-9-16(22)23-13(10-15(20)21)11-18(2,3)4/h12-13H,5-11,17H2,1-4H3. The molecule has 0 saturated carbocycles. The Morgan fingerprint density at radius 1 is 1.09 bits per heavy atom. The van der Waals surface area contributed by atoms with Gasteiger partial charge in [0.05, 0.1) is 27.2 Å². The number of unbranched alkanes of at least 4 members (excludes halogenated alkanes) is 2. The number of nitrogens with zero attached hydrogens (tertiary/aromatic N) is 1. The molecule has 0 aromatic carbocycles. The number of nitrogens with two attached hydrogens (primary N) is 1. The van der Waals surface area contributed by atoms with Gasteiger partial charge in [-0.15, -0.1) is 0 Å². The van der Waals surface area contributed by atoms with Crippen molar-refractivity contribution in [1.29, 1.82) is 0 Å². The van der Waals surface area contributed by atoms with E-state index >= 15 is 0 Å². The number of carbonyl (C=O) groups excluding carboxylic acids is 3. The fourth-order valence-corrected chi connectivity index (χ4v) is 2.16. The molecule has 0 saturated heterocycles. The summed E-state index contributed by atoms with van der Waals surface area (Å²) in [5, 5.41) is 10.7. The lowest BCUT2D eigenvalue weighted by atomic mass is 10.1. The Kier molecular flexibility index (Phi) is 9.67. The minimum atomic E-state index is -1.23. The monoisotopic (exact) mass is 330 g/mol. The smallest absolute Gasteiger partial charge is 0.306 e. The number of ether oxygens (including phenoxy) is 1. The summed E-state index contributed by atoms with van der Waals surface area (Å²) in [4.78, 5) is 33.9. The van der Waals surface area contributed by atoms with Gasteiger partial charge in [-0.1, -0.05) is 6.42 Å². The fraction of sp³-hybridized carbons (Fsp3) is 0.812. The topological polar surface area (TPSA) is 110 Å². The lowest BCUT2D eigenvalue weighted by Gasteiger charge is -2.29. The first-order valence-electron chi connectivity index (χ1n) is 7.99. The van der Waals surface area contributed by atoms with E-state index in [4.69, 9.17) is 10.5 Å². The summed E-state index contributed by atoms with van der Waals surface area (Å²) >= 11 is 0. The molecule has 23 heavy (non-hydrogen) atoms. The molecule has 0 aliphatic carbocycles. The molecule has 0 aromatic heterocycles. The quantitative estimate of drug-likeness (QED) is 0.296. The summed E-state index contributed by atoms with van der Waals surface area (Å²) in [6.07, 6.45) is 1.67. The number of carbonyl (C=O) groups is 3. The molecule has 0 aromatic rings. The zero-order valence-electron chi connectivity index (χ0n) is 14.7. The number of hydrogen-bond acceptors (Lipinski definition) is 6. The number of ketones is 1. The first kappa shape index (κ1) is 21.5. The van der Waals surface area contributed by atoms with Crippen LogP contribution in [0.4, 0.5) is 0 Å². The van der Waals surface area contributed by atoms with Crippen LogP contribution in [-0.2, 0) is 19.1 Å². The first-order valence-corrected chi connectivity index (χ1v) is 7.99. The molecule has 2 atom stereocenters. The van der Waals surface area contributed by atoms with Gasteiger partial charge in [-0.3, -0.25) is 9.59 Å². The van der Waals surface area contributed by atoms with Crippen molar-refractivity contribution < 1.29 is 28.7 Å². The lowest BCUT2D eigenvalue weighted by Crippen LogP contribution is -2.45. The average Bonchev–Trinajstić information content (AvgIpc) is 2.34. The number of esters is 1. The normalized spacial score (nSPS) is 14.1. The van der Waals surface area contributed by atoms with Gasteiger partial charge in [-0.25, -0.2) is 0 Å². The van der Waals surface area contributed by atoms with Crippen LogP contribution in [0.2, 0.25) is 0 Å². The number of hydrogen-bond donors (Lipinski definition) is 1. The number of carboxylic acid groups (broad SMARTS) is 1. The third-order valence-corrected chi connectivity index (χ3v) is 3.26. The maximum atomic E-state index is 11.8. The average molecular weight is 330 g/mol. The highest BCUT2D eigenvalue weighted by Crippen LogP contribution is 2.09. The second-order valence-electron chi connectivity index (χ2n) is 6.98. The molecule has 0 radical (unpaired) electrons. The second kappa shape index (κ2) is 10.3. The van der Waals surface area contributed by atoms with Gasteiger partial charge in [-0.2, -0.15) is 0 Å². The van der Waals surface area contributed by atoms with Crippen LogP contribution in [0.1, 0.15) is 45.4 Å². The van der Waals surface area contributed by atoms with Crippen molar-refractivity contribution >= 4 is 17.7 Å². The molecule has 134 valence electrons. The van der Waals surface area contributed by atoms with Crippen molar-refractivity contribution in [3.8, 4) is 0 Å². The van der Waals surface area contributed by atoms with Gasteiger partial charge >= 0.3 is 5.97 Å². The molecule has 0 aliphatic rings. The number of carboxylic acids is 1. The highest BCUT2D eigenvalue weighted by molar-refractivity contribution is 5.83. The highest BCUT2D eigenvalue weighted by Gasteiger charge is 2.22. The molecule has 0 aliphatic heterocycles. The number of rotatable bonds is 12. The molecule has 0 amide bonds. The van der Waals surface area contributed by atoms with Crippen molar-refractivity contribution in [1.82, 2.24) is 0 Å². The predicted octanol–water partition coefficient (Wildman–Crippen LogP) is -0.389. The van der Waals surface area contributed by atoms with Gasteiger partial charge in [0.1, 0.15) is 12.3 Å². The Morgan fingerprint density at radius 2 is 1.65 bits per heavy atom. The maximum absolute atomic E-state index is 11.8. The fourth-order valence-electron chi connectivity index (χ4n) is 2.16. The number of aliphatic carboxylic acids is 1.